The first-order valence-corrected chi connectivity index (χ1v) is 8.94. The molecule has 2 aromatic carbocycles. The zero-order chi connectivity index (χ0) is 17.7. The third-order valence-corrected chi connectivity index (χ3v) is 5.07. The van der Waals surface area contributed by atoms with Gasteiger partial charge in [-0.15, -0.1) is 0 Å². The Morgan fingerprint density at radius 3 is 2.50 bits per heavy atom. The van der Waals surface area contributed by atoms with Crippen LogP contribution >= 0.6 is 34.2 Å². The minimum Gasteiger partial charge on any atom is -0.496 e. The number of nitrogens with one attached hydrogen (secondary N) is 1. The number of halogens is 2. The van der Waals surface area contributed by atoms with E-state index in [1.165, 1.54) is 12.7 Å². The average molecular weight is 459 g/mol. The van der Waals surface area contributed by atoms with E-state index in [2.05, 4.69) is 32.8 Å². The third kappa shape index (κ3) is 5.09. The van der Waals surface area contributed by atoms with Gasteiger partial charge >= 0.3 is 0 Å². The summed E-state index contributed by atoms with van der Waals surface area (Å²) in [6.07, 6.45) is 0.974. The second-order valence-corrected chi connectivity index (χ2v) is 7.24. The highest BCUT2D eigenvalue weighted by Gasteiger charge is 2.15. The molecule has 1 amide bonds. The van der Waals surface area contributed by atoms with Crippen LogP contribution in [-0.2, 0) is 6.42 Å². The fraction of sp³-hybridized carbons (Fsp3) is 0.278. The molecule has 0 fully saturated rings. The van der Waals surface area contributed by atoms with Crippen LogP contribution in [-0.4, -0.2) is 38.6 Å². The number of benzene rings is 2. The number of carbonyl (C=O) groups is 1. The molecule has 0 aliphatic heterocycles. The monoisotopic (exact) mass is 458 g/mol. The van der Waals surface area contributed by atoms with E-state index in [4.69, 9.17) is 16.3 Å². The zero-order valence-electron chi connectivity index (χ0n) is 13.9. The van der Waals surface area contributed by atoms with Gasteiger partial charge in [-0.05, 0) is 72.9 Å². The molecule has 0 aliphatic carbocycles. The number of rotatable bonds is 6. The molecule has 0 unspecified atom stereocenters. The summed E-state index contributed by atoms with van der Waals surface area (Å²) in [7, 11) is 5.64. The van der Waals surface area contributed by atoms with Gasteiger partial charge in [0, 0.05) is 15.8 Å². The molecule has 6 heteroatoms. The topological polar surface area (TPSA) is 41.6 Å². The molecule has 0 aromatic heterocycles. The number of likely N-dealkylation sites (N-methyl/N-ethyl adjacent to an activating group) is 1. The maximum atomic E-state index is 12.5. The van der Waals surface area contributed by atoms with E-state index in [0.717, 1.165) is 22.2 Å². The van der Waals surface area contributed by atoms with E-state index in [0.29, 0.717) is 16.3 Å². The van der Waals surface area contributed by atoms with Gasteiger partial charge in [0.1, 0.15) is 5.75 Å². The molecular weight excluding hydrogens is 439 g/mol. The molecule has 0 spiro atoms. The molecule has 0 saturated carbocycles. The Kier molecular flexibility index (Phi) is 6.89. The van der Waals surface area contributed by atoms with Crippen molar-refractivity contribution in [3.63, 3.8) is 0 Å². The Labute approximate surface area is 161 Å². The van der Waals surface area contributed by atoms with Crippen LogP contribution < -0.4 is 10.1 Å². The Hall–Kier alpha value is -1.31. The summed E-state index contributed by atoms with van der Waals surface area (Å²) in [5.74, 6) is 0.259. The van der Waals surface area contributed by atoms with Crippen molar-refractivity contribution in [1.82, 2.24) is 4.90 Å². The van der Waals surface area contributed by atoms with E-state index >= 15 is 0 Å². The van der Waals surface area contributed by atoms with E-state index in [9.17, 15) is 4.79 Å². The standard InChI is InChI=1S/C18H20ClIN2O2/c1-22(2)9-8-12-4-6-13(7-5-12)21-18(23)14-10-15(19)16(20)11-17(14)24-3/h4-7,10-11H,8-9H2,1-3H3,(H,21,23). The number of amides is 1. The lowest BCUT2D eigenvalue weighted by atomic mass is 10.1. The highest BCUT2D eigenvalue weighted by Crippen LogP contribution is 2.28. The van der Waals surface area contributed by atoms with Crippen molar-refractivity contribution in [2.24, 2.45) is 0 Å². The van der Waals surface area contributed by atoms with Crippen molar-refractivity contribution in [2.75, 3.05) is 33.1 Å². The lowest BCUT2D eigenvalue weighted by Crippen LogP contribution is -2.15. The third-order valence-electron chi connectivity index (χ3n) is 3.55. The van der Waals surface area contributed by atoms with E-state index < -0.39 is 0 Å². The minimum atomic E-state index is -0.244. The Morgan fingerprint density at radius 2 is 1.92 bits per heavy atom. The van der Waals surface area contributed by atoms with Crippen molar-refractivity contribution in [3.05, 3.63) is 56.1 Å². The van der Waals surface area contributed by atoms with Gasteiger partial charge in [-0.1, -0.05) is 23.7 Å². The first-order chi connectivity index (χ1) is 11.4. The van der Waals surface area contributed by atoms with Crippen LogP contribution in [0.5, 0.6) is 5.75 Å². The van der Waals surface area contributed by atoms with Crippen LogP contribution in [0.15, 0.2) is 36.4 Å². The smallest absolute Gasteiger partial charge is 0.259 e. The number of ether oxygens (including phenoxy) is 1. The Morgan fingerprint density at radius 1 is 1.25 bits per heavy atom. The van der Waals surface area contributed by atoms with Gasteiger partial charge in [-0.3, -0.25) is 4.79 Å². The predicted octanol–water partition coefficient (Wildman–Crippen LogP) is 4.31. The van der Waals surface area contributed by atoms with Gasteiger partial charge in [0.15, 0.2) is 0 Å². The number of methoxy groups -OCH3 is 1. The molecule has 0 bridgehead atoms. The largest absolute Gasteiger partial charge is 0.496 e. The molecule has 2 aromatic rings. The van der Waals surface area contributed by atoms with Gasteiger partial charge in [0.05, 0.1) is 17.7 Å². The number of anilines is 1. The zero-order valence-corrected chi connectivity index (χ0v) is 16.8. The predicted molar refractivity (Wildman–Crippen MR) is 107 cm³/mol. The molecule has 1 N–H and O–H groups in total. The van der Waals surface area contributed by atoms with Crippen molar-refractivity contribution in [3.8, 4) is 5.75 Å². The average Bonchev–Trinajstić information content (AvgIpc) is 2.56. The lowest BCUT2D eigenvalue weighted by Gasteiger charge is -2.12. The van der Waals surface area contributed by atoms with Gasteiger partial charge < -0.3 is 15.0 Å². The summed E-state index contributed by atoms with van der Waals surface area (Å²) in [6, 6.07) is 11.2. The number of hydrogen-bond acceptors (Lipinski definition) is 3. The highest BCUT2D eigenvalue weighted by molar-refractivity contribution is 14.1. The molecule has 0 aliphatic rings. The molecule has 128 valence electrons. The Bertz CT molecular complexity index is 718. The summed E-state index contributed by atoms with van der Waals surface area (Å²) >= 11 is 8.23. The normalized spacial score (nSPS) is 10.8. The number of carbonyl (C=O) groups excluding carboxylic acids is 1. The van der Waals surface area contributed by atoms with E-state index in [1.807, 2.05) is 38.4 Å². The van der Waals surface area contributed by atoms with Crippen LogP contribution in [0.4, 0.5) is 5.69 Å². The summed E-state index contributed by atoms with van der Waals surface area (Å²) in [5.41, 5.74) is 2.39. The van der Waals surface area contributed by atoms with E-state index in [-0.39, 0.29) is 5.91 Å². The maximum absolute atomic E-state index is 12.5. The van der Waals surface area contributed by atoms with Gasteiger partial charge in [0.25, 0.3) is 5.91 Å². The van der Waals surface area contributed by atoms with Crippen molar-refractivity contribution in [2.45, 2.75) is 6.42 Å². The summed E-state index contributed by atoms with van der Waals surface area (Å²) in [5, 5.41) is 3.41. The van der Waals surface area contributed by atoms with Crippen molar-refractivity contribution in [1.29, 1.82) is 0 Å². The number of nitrogens with zero attached hydrogens (tertiary/aromatic N) is 1. The summed E-state index contributed by atoms with van der Waals surface area (Å²) in [6.45, 7) is 0.990. The quantitative estimate of drug-likeness (QED) is 0.656. The molecule has 0 atom stereocenters. The first kappa shape index (κ1) is 19.0. The molecular formula is C18H20ClIN2O2. The fourth-order valence-corrected chi connectivity index (χ4v) is 2.78. The summed E-state index contributed by atoms with van der Waals surface area (Å²) < 4.78 is 6.13. The van der Waals surface area contributed by atoms with Gasteiger partial charge in [0.2, 0.25) is 0 Å². The molecule has 4 nitrogen and oxygen atoms in total. The number of hydrogen-bond donors (Lipinski definition) is 1. The van der Waals surface area contributed by atoms with Gasteiger partial charge in [-0.25, -0.2) is 0 Å². The molecule has 0 radical (unpaired) electrons. The molecule has 2 rings (SSSR count). The van der Waals surface area contributed by atoms with Gasteiger partial charge in [-0.2, -0.15) is 0 Å². The Balaban J connectivity index is 2.11. The van der Waals surface area contributed by atoms with Crippen LogP contribution in [0.1, 0.15) is 15.9 Å². The van der Waals surface area contributed by atoms with Crippen molar-refractivity contribution < 1.29 is 9.53 Å². The van der Waals surface area contributed by atoms with Crippen LogP contribution in [0, 0.1) is 3.57 Å². The maximum Gasteiger partial charge on any atom is 0.259 e. The molecule has 0 saturated heterocycles. The van der Waals surface area contributed by atoms with Crippen molar-refractivity contribution >= 4 is 45.8 Å². The first-order valence-electron chi connectivity index (χ1n) is 7.48. The van der Waals surface area contributed by atoms with Crippen LogP contribution in [0.2, 0.25) is 5.02 Å². The molecule has 24 heavy (non-hydrogen) atoms. The lowest BCUT2D eigenvalue weighted by molar-refractivity contribution is 0.102. The van der Waals surface area contributed by atoms with E-state index in [1.54, 1.807) is 12.1 Å². The fourth-order valence-electron chi connectivity index (χ4n) is 2.18. The molecule has 0 heterocycles. The van der Waals surface area contributed by atoms with Crippen LogP contribution in [0.25, 0.3) is 0 Å². The SMILES string of the molecule is COc1cc(I)c(Cl)cc1C(=O)Nc1ccc(CCN(C)C)cc1. The highest BCUT2D eigenvalue weighted by atomic mass is 127. The van der Waals surface area contributed by atoms with Crippen LogP contribution in [0.3, 0.4) is 0 Å². The summed E-state index contributed by atoms with van der Waals surface area (Å²) in [4.78, 5) is 14.6. The second kappa shape index (κ2) is 8.69. The minimum absolute atomic E-state index is 0.244. The second-order valence-electron chi connectivity index (χ2n) is 5.67.